The Morgan fingerprint density at radius 3 is 2.29 bits per heavy atom. The highest BCUT2D eigenvalue weighted by Crippen LogP contribution is 1.84. The fourth-order valence-corrected chi connectivity index (χ4v) is 0.183. The fraction of sp³-hybridized carbons (Fsp3) is 0.800. The Hall–Kier alpha value is -0.530. The van der Waals surface area contributed by atoms with Gasteiger partial charge in [-0.2, -0.15) is 0 Å². The zero-order valence-corrected chi connectivity index (χ0v) is 5.01. The third-order valence-electron chi connectivity index (χ3n) is 0.377. The Morgan fingerprint density at radius 2 is 2.14 bits per heavy atom. The van der Waals surface area contributed by atoms with Gasteiger partial charge in [0.1, 0.15) is 6.10 Å². The number of oxime groups is 1. The van der Waals surface area contributed by atoms with E-state index in [-0.39, 0.29) is 6.10 Å². The van der Waals surface area contributed by atoms with E-state index in [1.807, 2.05) is 20.8 Å². The summed E-state index contributed by atoms with van der Waals surface area (Å²) in [5, 5.41) is 3.55. The van der Waals surface area contributed by atoms with Crippen LogP contribution in [0.1, 0.15) is 20.8 Å². The van der Waals surface area contributed by atoms with Crippen molar-refractivity contribution in [1.82, 2.24) is 0 Å². The standard InChI is InChI=1S/C5H11NO/c1-4-6-7-5(2)3/h4-5H,1-3H3/b6-4-. The first-order valence-corrected chi connectivity index (χ1v) is 2.41. The monoisotopic (exact) mass is 101 g/mol. The highest BCUT2D eigenvalue weighted by atomic mass is 16.6. The first kappa shape index (κ1) is 6.47. The molecule has 0 N–H and O–H groups in total. The van der Waals surface area contributed by atoms with Gasteiger partial charge in [-0.15, -0.1) is 0 Å². The van der Waals surface area contributed by atoms with Crippen LogP contribution in [0.2, 0.25) is 0 Å². The van der Waals surface area contributed by atoms with E-state index in [0.717, 1.165) is 0 Å². The lowest BCUT2D eigenvalue weighted by Gasteiger charge is -1.97. The van der Waals surface area contributed by atoms with E-state index in [1.54, 1.807) is 6.21 Å². The van der Waals surface area contributed by atoms with Gasteiger partial charge in [-0.05, 0) is 20.8 Å². The Morgan fingerprint density at radius 1 is 1.57 bits per heavy atom. The summed E-state index contributed by atoms with van der Waals surface area (Å²) < 4.78 is 0. The zero-order valence-electron chi connectivity index (χ0n) is 5.01. The molecule has 0 atom stereocenters. The van der Waals surface area contributed by atoms with Gasteiger partial charge in [0.2, 0.25) is 0 Å². The van der Waals surface area contributed by atoms with Crippen LogP contribution in [-0.2, 0) is 4.84 Å². The second-order valence-electron chi connectivity index (χ2n) is 1.52. The Kier molecular flexibility index (Phi) is 3.38. The van der Waals surface area contributed by atoms with E-state index in [0.29, 0.717) is 0 Å². The summed E-state index contributed by atoms with van der Waals surface area (Å²) in [4.78, 5) is 4.76. The van der Waals surface area contributed by atoms with Gasteiger partial charge in [-0.3, -0.25) is 0 Å². The SMILES string of the molecule is C/C=N\OC(C)C. The highest BCUT2D eigenvalue weighted by molar-refractivity contribution is 5.52. The van der Waals surface area contributed by atoms with Crippen LogP contribution in [-0.4, -0.2) is 12.3 Å². The van der Waals surface area contributed by atoms with E-state index in [4.69, 9.17) is 4.84 Å². The highest BCUT2D eigenvalue weighted by Gasteiger charge is 1.84. The van der Waals surface area contributed by atoms with Crippen molar-refractivity contribution < 1.29 is 4.84 Å². The molecule has 0 spiro atoms. The number of hydrogen-bond acceptors (Lipinski definition) is 2. The van der Waals surface area contributed by atoms with Crippen molar-refractivity contribution in [3.8, 4) is 0 Å². The first-order valence-electron chi connectivity index (χ1n) is 2.41. The number of nitrogens with zero attached hydrogens (tertiary/aromatic N) is 1. The minimum Gasteiger partial charge on any atom is -0.393 e. The molecule has 2 nitrogen and oxygen atoms in total. The van der Waals surface area contributed by atoms with Crippen LogP contribution in [0.25, 0.3) is 0 Å². The lowest BCUT2D eigenvalue weighted by molar-refractivity contribution is 0.0871. The van der Waals surface area contributed by atoms with Gasteiger partial charge in [-0.1, -0.05) is 5.16 Å². The lowest BCUT2D eigenvalue weighted by Crippen LogP contribution is -1.94. The maximum absolute atomic E-state index is 4.76. The van der Waals surface area contributed by atoms with Crippen molar-refractivity contribution in [2.45, 2.75) is 26.9 Å². The van der Waals surface area contributed by atoms with Gasteiger partial charge in [0.15, 0.2) is 0 Å². The van der Waals surface area contributed by atoms with E-state index in [1.165, 1.54) is 0 Å². The molecule has 0 amide bonds. The smallest absolute Gasteiger partial charge is 0.121 e. The molecule has 0 radical (unpaired) electrons. The van der Waals surface area contributed by atoms with Crippen molar-refractivity contribution in [1.29, 1.82) is 0 Å². The molecule has 0 aromatic carbocycles. The molecule has 0 aromatic heterocycles. The molecule has 0 fully saturated rings. The van der Waals surface area contributed by atoms with Crippen molar-refractivity contribution >= 4 is 6.21 Å². The summed E-state index contributed by atoms with van der Waals surface area (Å²) in [5.41, 5.74) is 0. The van der Waals surface area contributed by atoms with Gasteiger partial charge in [-0.25, -0.2) is 0 Å². The maximum atomic E-state index is 4.76. The first-order chi connectivity index (χ1) is 3.27. The van der Waals surface area contributed by atoms with E-state index in [2.05, 4.69) is 5.16 Å². The van der Waals surface area contributed by atoms with Crippen LogP contribution >= 0.6 is 0 Å². The summed E-state index contributed by atoms with van der Waals surface area (Å²) in [5.74, 6) is 0. The second kappa shape index (κ2) is 3.65. The maximum Gasteiger partial charge on any atom is 0.121 e. The molecule has 0 aromatic rings. The van der Waals surface area contributed by atoms with E-state index >= 15 is 0 Å². The average molecular weight is 101 g/mol. The Labute approximate surface area is 44.2 Å². The molecule has 0 unspecified atom stereocenters. The minimum atomic E-state index is 0.205. The molecule has 0 saturated carbocycles. The molecule has 0 aliphatic rings. The zero-order chi connectivity index (χ0) is 5.70. The van der Waals surface area contributed by atoms with E-state index < -0.39 is 0 Å². The van der Waals surface area contributed by atoms with Crippen molar-refractivity contribution in [2.24, 2.45) is 5.16 Å². The van der Waals surface area contributed by atoms with Gasteiger partial charge >= 0.3 is 0 Å². The average Bonchev–Trinajstić information content (AvgIpc) is 1.61. The lowest BCUT2D eigenvalue weighted by atomic mass is 10.5. The van der Waals surface area contributed by atoms with Gasteiger partial charge in [0.05, 0.1) is 0 Å². The largest absolute Gasteiger partial charge is 0.393 e. The molecular weight excluding hydrogens is 90.1 g/mol. The Balaban J connectivity index is 2.97. The van der Waals surface area contributed by atoms with Gasteiger partial charge in [0, 0.05) is 6.21 Å². The minimum absolute atomic E-state index is 0.205. The van der Waals surface area contributed by atoms with Crippen LogP contribution in [0.15, 0.2) is 5.16 Å². The van der Waals surface area contributed by atoms with Crippen molar-refractivity contribution in [3.63, 3.8) is 0 Å². The molecule has 0 saturated heterocycles. The third kappa shape index (κ3) is 5.47. The van der Waals surface area contributed by atoms with Crippen LogP contribution in [0.5, 0.6) is 0 Å². The molecule has 7 heavy (non-hydrogen) atoms. The number of rotatable bonds is 2. The molecule has 0 aliphatic heterocycles. The van der Waals surface area contributed by atoms with Gasteiger partial charge < -0.3 is 4.84 Å². The quantitative estimate of drug-likeness (QED) is 0.380. The molecule has 0 heterocycles. The predicted octanol–water partition coefficient (Wildman–Crippen LogP) is 1.42. The van der Waals surface area contributed by atoms with Crippen LogP contribution < -0.4 is 0 Å². The molecule has 0 aliphatic carbocycles. The van der Waals surface area contributed by atoms with E-state index in [9.17, 15) is 0 Å². The normalized spacial score (nSPS) is 10.9. The molecule has 2 heteroatoms. The molecule has 0 rings (SSSR count). The van der Waals surface area contributed by atoms with Crippen LogP contribution in [0.4, 0.5) is 0 Å². The summed E-state index contributed by atoms with van der Waals surface area (Å²) in [7, 11) is 0. The molecule has 42 valence electrons. The molecule has 0 bridgehead atoms. The summed E-state index contributed by atoms with van der Waals surface area (Å²) in [6.45, 7) is 5.70. The van der Waals surface area contributed by atoms with Crippen LogP contribution in [0.3, 0.4) is 0 Å². The van der Waals surface area contributed by atoms with Crippen LogP contribution in [0, 0.1) is 0 Å². The van der Waals surface area contributed by atoms with Crippen molar-refractivity contribution in [2.75, 3.05) is 0 Å². The summed E-state index contributed by atoms with van der Waals surface area (Å²) in [6.07, 6.45) is 1.83. The fourth-order valence-electron chi connectivity index (χ4n) is 0.183. The molecular formula is C5H11NO. The third-order valence-corrected chi connectivity index (χ3v) is 0.377. The summed E-state index contributed by atoms with van der Waals surface area (Å²) in [6, 6.07) is 0. The topological polar surface area (TPSA) is 21.6 Å². The second-order valence-corrected chi connectivity index (χ2v) is 1.52. The predicted molar refractivity (Wildman–Crippen MR) is 30.4 cm³/mol. The summed E-state index contributed by atoms with van der Waals surface area (Å²) >= 11 is 0. The van der Waals surface area contributed by atoms with Gasteiger partial charge in [0.25, 0.3) is 0 Å². The van der Waals surface area contributed by atoms with Crippen molar-refractivity contribution in [3.05, 3.63) is 0 Å². The Bertz CT molecular complexity index is 59.1. The number of hydrogen-bond donors (Lipinski definition) is 0.